The summed E-state index contributed by atoms with van der Waals surface area (Å²) in [5.74, 6) is 2.52. The van der Waals surface area contributed by atoms with Crippen LogP contribution in [0.2, 0.25) is 0 Å². The normalized spacial score (nSPS) is 33.8. The van der Waals surface area contributed by atoms with E-state index in [0.29, 0.717) is 17.8 Å². The molecular weight excluding hydrogens is 212 g/mol. The summed E-state index contributed by atoms with van der Waals surface area (Å²) in [5, 5.41) is 9.96. The van der Waals surface area contributed by atoms with E-state index in [1.54, 1.807) is 6.07 Å². The van der Waals surface area contributed by atoms with Crippen molar-refractivity contribution in [3.63, 3.8) is 0 Å². The van der Waals surface area contributed by atoms with Crippen molar-refractivity contribution in [2.75, 3.05) is 0 Å². The van der Waals surface area contributed by atoms with Gasteiger partial charge in [-0.2, -0.15) is 0 Å². The first kappa shape index (κ1) is 9.81. The molecule has 0 radical (unpaired) electrons. The third-order valence-electron chi connectivity index (χ3n) is 4.87. The molecule has 1 saturated carbocycles. The van der Waals surface area contributed by atoms with Crippen molar-refractivity contribution in [3.05, 3.63) is 23.3 Å². The van der Waals surface area contributed by atoms with Crippen molar-refractivity contribution in [1.82, 2.24) is 0 Å². The van der Waals surface area contributed by atoms with Crippen LogP contribution in [0.3, 0.4) is 0 Å². The highest BCUT2D eigenvalue weighted by atomic mass is 16.5. The second kappa shape index (κ2) is 3.41. The summed E-state index contributed by atoms with van der Waals surface area (Å²) >= 11 is 0. The van der Waals surface area contributed by atoms with E-state index in [0.717, 1.165) is 18.1 Å². The topological polar surface area (TPSA) is 29.5 Å². The third-order valence-corrected chi connectivity index (χ3v) is 4.87. The number of phenolic OH excluding ortho intramolecular Hbond substituents is 1. The number of aryl methyl sites for hydroxylation is 1. The molecule has 1 heterocycles. The first-order valence-electron chi connectivity index (χ1n) is 6.86. The number of ether oxygens (including phenoxy) is 1. The van der Waals surface area contributed by atoms with Crippen LogP contribution in [0.1, 0.15) is 49.1 Å². The van der Waals surface area contributed by atoms with Crippen molar-refractivity contribution >= 4 is 0 Å². The summed E-state index contributed by atoms with van der Waals surface area (Å²) < 4.78 is 6.06. The molecule has 4 rings (SSSR count). The molecule has 2 nitrogen and oxygen atoms in total. The zero-order valence-corrected chi connectivity index (χ0v) is 9.98. The molecule has 1 aromatic carbocycles. The molecule has 1 N–H and O–H groups in total. The summed E-state index contributed by atoms with van der Waals surface area (Å²) in [6, 6.07) is 3.90. The third kappa shape index (κ3) is 1.27. The van der Waals surface area contributed by atoms with Crippen LogP contribution < -0.4 is 4.74 Å². The molecule has 90 valence electrons. The lowest BCUT2D eigenvalue weighted by Gasteiger charge is -2.30. The van der Waals surface area contributed by atoms with Crippen LogP contribution in [0.5, 0.6) is 11.5 Å². The highest BCUT2D eigenvalue weighted by Gasteiger charge is 2.45. The minimum Gasteiger partial charge on any atom is -0.504 e. The minimum absolute atomic E-state index is 0.338. The summed E-state index contributed by atoms with van der Waals surface area (Å²) in [4.78, 5) is 0. The summed E-state index contributed by atoms with van der Waals surface area (Å²) in [7, 11) is 0. The molecule has 3 aliphatic rings. The molecule has 0 spiro atoms. The van der Waals surface area contributed by atoms with E-state index in [9.17, 15) is 5.11 Å². The molecule has 3 unspecified atom stereocenters. The predicted octanol–water partition coefficient (Wildman–Crippen LogP) is 3.37. The Balaban J connectivity index is 1.90. The van der Waals surface area contributed by atoms with Crippen molar-refractivity contribution in [3.8, 4) is 11.5 Å². The van der Waals surface area contributed by atoms with Gasteiger partial charge in [0.15, 0.2) is 11.5 Å². The standard InChI is InChI=1S/C15H18O2/c16-11-8-7-10-6-5-9-3-1-2-4-12-13(9)14(10)15(11)17-12/h7-9,12-13,16H,1-6H2. The van der Waals surface area contributed by atoms with Crippen LogP contribution in [0, 0.1) is 5.92 Å². The Morgan fingerprint density at radius 2 is 2.00 bits per heavy atom. The molecule has 0 aromatic heterocycles. The van der Waals surface area contributed by atoms with Gasteiger partial charge in [-0.1, -0.05) is 12.5 Å². The lowest BCUT2D eigenvalue weighted by atomic mass is 9.72. The van der Waals surface area contributed by atoms with Gasteiger partial charge < -0.3 is 9.84 Å². The maximum atomic E-state index is 9.96. The van der Waals surface area contributed by atoms with E-state index < -0.39 is 0 Å². The van der Waals surface area contributed by atoms with Gasteiger partial charge in [0, 0.05) is 11.5 Å². The first-order chi connectivity index (χ1) is 8.34. The molecule has 1 aromatic rings. The Labute approximate surface area is 102 Å². The highest BCUT2D eigenvalue weighted by molar-refractivity contribution is 5.56. The second-order valence-corrected chi connectivity index (χ2v) is 5.75. The van der Waals surface area contributed by atoms with Gasteiger partial charge in [-0.15, -0.1) is 0 Å². The maximum absolute atomic E-state index is 9.96. The van der Waals surface area contributed by atoms with E-state index in [4.69, 9.17) is 4.74 Å². The van der Waals surface area contributed by atoms with Crippen molar-refractivity contribution in [2.45, 2.75) is 50.5 Å². The second-order valence-electron chi connectivity index (χ2n) is 5.75. The number of rotatable bonds is 0. The fourth-order valence-electron chi connectivity index (χ4n) is 4.12. The maximum Gasteiger partial charge on any atom is 0.165 e. The number of phenols is 1. The van der Waals surface area contributed by atoms with Gasteiger partial charge in [-0.05, 0) is 49.7 Å². The average molecular weight is 230 g/mol. The Bertz CT molecular complexity index is 466. The smallest absolute Gasteiger partial charge is 0.165 e. The van der Waals surface area contributed by atoms with E-state index in [1.165, 1.54) is 43.2 Å². The monoisotopic (exact) mass is 230 g/mol. The van der Waals surface area contributed by atoms with E-state index >= 15 is 0 Å². The number of aromatic hydroxyl groups is 1. The van der Waals surface area contributed by atoms with Crippen LogP contribution >= 0.6 is 0 Å². The molecule has 0 bridgehead atoms. The zero-order valence-electron chi connectivity index (χ0n) is 9.98. The molecule has 0 saturated heterocycles. The van der Waals surface area contributed by atoms with Gasteiger partial charge in [0.25, 0.3) is 0 Å². The van der Waals surface area contributed by atoms with Gasteiger partial charge >= 0.3 is 0 Å². The van der Waals surface area contributed by atoms with Crippen molar-refractivity contribution in [2.24, 2.45) is 5.92 Å². The average Bonchev–Trinajstić information content (AvgIpc) is 2.61. The van der Waals surface area contributed by atoms with Crippen LogP contribution in [0.4, 0.5) is 0 Å². The molecule has 0 amide bonds. The molecule has 1 aliphatic heterocycles. The largest absolute Gasteiger partial charge is 0.504 e. The Morgan fingerprint density at radius 3 is 2.94 bits per heavy atom. The van der Waals surface area contributed by atoms with Crippen LogP contribution in [-0.4, -0.2) is 11.2 Å². The summed E-state index contributed by atoms with van der Waals surface area (Å²) in [5.41, 5.74) is 2.77. The highest BCUT2D eigenvalue weighted by Crippen LogP contribution is 2.55. The SMILES string of the molecule is Oc1ccc2c3c1OC1CCCCC(CC2)C31. The van der Waals surface area contributed by atoms with Crippen LogP contribution in [0.15, 0.2) is 12.1 Å². The van der Waals surface area contributed by atoms with Crippen molar-refractivity contribution < 1.29 is 9.84 Å². The van der Waals surface area contributed by atoms with Gasteiger partial charge in [0.2, 0.25) is 0 Å². The zero-order chi connectivity index (χ0) is 11.4. The van der Waals surface area contributed by atoms with Crippen LogP contribution in [0.25, 0.3) is 0 Å². The van der Waals surface area contributed by atoms with Gasteiger partial charge in [-0.25, -0.2) is 0 Å². The first-order valence-corrected chi connectivity index (χ1v) is 6.86. The van der Waals surface area contributed by atoms with E-state index in [2.05, 4.69) is 6.07 Å². The molecule has 17 heavy (non-hydrogen) atoms. The van der Waals surface area contributed by atoms with E-state index in [1.807, 2.05) is 0 Å². The Kier molecular flexibility index (Phi) is 1.97. The summed E-state index contributed by atoms with van der Waals surface area (Å²) in [6.45, 7) is 0. The van der Waals surface area contributed by atoms with Crippen molar-refractivity contribution in [1.29, 1.82) is 0 Å². The Morgan fingerprint density at radius 1 is 1.12 bits per heavy atom. The number of hydrogen-bond donors (Lipinski definition) is 1. The number of hydrogen-bond acceptors (Lipinski definition) is 2. The lowest BCUT2D eigenvalue weighted by molar-refractivity contribution is 0.166. The lowest BCUT2D eigenvalue weighted by Crippen LogP contribution is -2.26. The number of benzene rings is 1. The molecular formula is C15H18O2. The Hall–Kier alpha value is -1.18. The van der Waals surface area contributed by atoms with Gasteiger partial charge in [-0.3, -0.25) is 0 Å². The summed E-state index contributed by atoms with van der Waals surface area (Å²) in [6.07, 6.45) is 7.95. The predicted molar refractivity (Wildman–Crippen MR) is 65.5 cm³/mol. The molecule has 2 aliphatic carbocycles. The fraction of sp³-hybridized carbons (Fsp3) is 0.600. The molecule has 2 heteroatoms. The fourth-order valence-corrected chi connectivity index (χ4v) is 4.12. The van der Waals surface area contributed by atoms with Gasteiger partial charge in [0.05, 0.1) is 0 Å². The van der Waals surface area contributed by atoms with Gasteiger partial charge in [0.1, 0.15) is 6.10 Å². The minimum atomic E-state index is 0.338. The molecule has 3 atom stereocenters. The van der Waals surface area contributed by atoms with Crippen LogP contribution in [-0.2, 0) is 6.42 Å². The van der Waals surface area contributed by atoms with E-state index in [-0.39, 0.29) is 0 Å². The molecule has 1 fully saturated rings. The quantitative estimate of drug-likeness (QED) is 0.740.